The molecule has 0 aliphatic heterocycles. The molecular formula is C11H22N2. The van der Waals surface area contributed by atoms with Crippen molar-refractivity contribution < 1.29 is 0 Å². The zero-order valence-electron chi connectivity index (χ0n) is 9.35. The first-order chi connectivity index (χ1) is 5.98. The summed E-state index contributed by atoms with van der Waals surface area (Å²) < 4.78 is 0. The quantitative estimate of drug-likeness (QED) is 0.490. The van der Waals surface area contributed by atoms with E-state index in [9.17, 15) is 0 Å². The Bertz CT molecular complexity index is 165. The molecule has 1 N–H and O–H groups in total. The van der Waals surface area contributed by atoms with Gasteiger partial charge in [-0.15, -0.1) is 12.3 Å². The summed E-state index contributed by atoms with van der Waals surface area (Å²) in [5.74, 6) is 2.62. The highest BCUT2D eigenvalue weighted by molar-refractivity contribution is 4.84. The average Bonchev–Trinajstić information content (AvgIpc) is 1.95. The van der Waals surface area contributed by atoms with Gasteiger partial charge in [0.25, 0.3) is 0 Å². The van der Waals surface area contributed by atoms with Gasteiger partial charge in [0.2, 0.25) is 0 Å². The van der Waals surface area contributed by atoms with Crippen molar-refractivity contribution in [2.45, 2.75) is 20.3 Å². The minimum atomic E-state index is 0.318. The molecular weight excluding hydrogens is 160 g/mol. The minimum Gasteiger partial charge on any atom is -0.315 e. The number of rotatable bonds is 6. The highest BCUT2D eigenvalue weighted by Gasteiger charge is 2.17. The van der Waals surface area contributed by atoms with Gasteiger partial charge in [0, 0.05) is 26.1 Å². The van der Waals surface area contributed by atoms with Crippen LogP contribution in [0.2, 0.25) is 0 Å². The zero-order valence-corrected chi connectivity index (χ0v) is 9.35. The van der Waals surface area contributed by atoms with Crippen LogP contribution in [0.25, 0.3) is 0 Å². The largest absolute Gasteiger partial charge is 0.315 e. The van der Waals surface area contributed by atoms with Crippen molar-refractivity contribution in [3.63, 3.8) is 0 Å². The van der Waals surface area contributed by atoms with Crippen LogP contribution in [0.5, 0.6) is 0 Å². The summed E-state index contributed by atoms with van der Waals surface area (Å²) in [6, 6.07) is 0. The summed E-state index contributed by atoms with van der Waals surface area (Å²) in [4.78, 5) is 2.21. The second-order valence-corrected chi connectivity index (χ2v) is 4.53. The van der Waals surface area contributed by atoms with Crippen molar-refractivity contribution in [1.82, 2.24) is 10.2 Å². The molecule has 0 atom stereocenters. The average molecular weight is 182 g/mol. The number of hydrogen-bond acceptors (Lipinski definition) is 2. The van der Waals surface area contributed by atoms with E-state index in [0.29, 0.717) is 5.41 Å². The summed E-state index contributed by atoms with van der Waals surface area (Å²) in [5, 5.41) is 3.36. The Labute approximate surface area is 82.7 Å². The third kappa shape index (κ3) is 7.83. The third-order valence-electron chi connectivity index (χ3n) is 1.79. The molecule has 0 amide bonds. The van der Waals surface area contributed by atoms with Crippen molar-refractivity contribution in [2.75, 3.05) is 33.7 Å². The van der Waals surface area contributed by atoms with E-state index in [1.54, 1.807) is 0 Å². The molecule has 0 fully saturated rings. The molecule has 0 saturated heterocycles. The van der Waals surface area contributed by atoms with Crippen LogP contribution in [0.1, 0.15) is 20.3 Å². The summed E-state index contributed by atoms with van der Waals surface area (Å²) in [7, 11) is 4.20. The van der Waals surface area contributed by atoms with Crippen LogP contribution in [0.4, 0.5) is 0 Å². The summed E-state index contributed by atoms with van der Waals surface area (Å²) in [6.45, 7) is 7.56. The van der Waals surface area contributed by atoms with Gasteiger partial charge in [-0.3, -0.25) is 0 Å². The normalized spacial score (nSPS) is 11.7. The molecule has 0 unspecified atom stereocenters. The second kappa shape index (κ2) is 6.01. The first-order valence-corrected chi connectivity index (χ1v) is 4.77. The molecule has 0 saturated carbocycles. The lowest BCUT2D eigenvalue weighted by atomic mass is 9.93. The van der Waals surface area contributed by atoms with E-state index in [2.05, 4.69) is 44.1 Å². The van der Waals surface area contributed by atoms with Crippen molar-refractivity contribution in [1.29, 1.82) is 0 Å². The van der Waals surface area contributed by atoms with Crippen LogP contribution >= 0.6 is 0 Å². The van der Waals surface area contributed by atoms with Gasteiger partial charge >= 0.3 is 0 Å². The molecule has 2 nitrogen and oxygen atoms in total. The van der Waals surface area contributed by atoms with Gasteiger partial charge in [0.05, 0.1) is 0 Å². The highest BCUT2D eigenvalue weighted by atomic mass is 15.1. The molecule has 0 bridgehead atoms. The number of hydrogen-bond donors (Lipinski definition) is 1. The van der Waals surface area contributed by atoms with E-state index in [1.165, 1.54) is 0 Å². The summed E-state index contributed by atoms with van der Waals surface area (Å²) >= 11 is 0. The van der Waals surface area contributed by atoms with Gasteiger partial charge < -0.3 is 10.2 Å². The van der Waals surface area contributed by atoms with Gasteiger partial charge in [-0.25, -0.2) is 0 Å². The van der Waals surface area contributed by atoms with Crippen LogP contribution in [-0.4, -0.2) is 38.6 Å². The van der Waals surface area contributed by atoms with E-state index in [1.807, 2.05) is 0 Å². The Morgan fingerprint density at radius 1 is 1.38 bits per heavy atom. The lowest BCUT2D eigenvalue weighted by Crippen LogP contribution is -2.37. The Balaban J connectivity index is 3.58. The van der Waals surface area contributed by atoms with Crippen molar-refractivity contribution in [3.8, 4) is 12.3 Å². The summed E-state index contributed by atoms with van der Waals surface area (Å²) in [6.07, 6.45) is 5.98. The number of nitrogens with zero attached hydrogens (tertiary/aromatic N) is 1. The zero-order chi connectivity index (χ0) is 10.3. The van der Waals surface area contributed by atoms with Crippen LogP contribution in [-0.2, 0) is 0 Å². The maximum Gasteiger partial charge on any atom is 0.0211 e. The SMILES string of the molecule is C#CCCNCC(C)(C)CN(C)C. The predicted molar refractivity (Wildman–Crippen MR) is 58.7 cm³/mol. The van der Waals surface area contributed by atoms with Gasteiger partial charge in [0.15, 0.2) is 0 Å². The van der Waals surface area contributed by atoms with Crippen LogP contribution < -0.4 is 5.32 Å². The maximum atomic E-state index is 5.16. The molecule has 0 rings (SSSR count). The van der Waals surface area contributed by atoms with Crippen molar-refractivity contribution in [3.05, 3.63) is 0 Å². The Hall–Kier alpha value is -0.520. The fraction of sp³-hybridized carbons (Fsp3) is 0.818. The lowest BCUT2D eigenvalue weighted by Gasteiger charge is -2.28. The second-order valence-electron chi connectivity index (χ2n) is 4.53. The highest BCUT2D eigenvalue weighted by Crippen LogP contribution is 2.13. The van der Waals surface area contributed by atoms with E-state index in [-0.39, 0.29) is 0 Å². The molecule has 0 heterocycles. The van der Waals surface area contributed by atoms with Gasteiger partial charge in [-0.05, 0) is 19.5 Å². The number of terminal acetylenes is 1. The third-order valence-corrected chi connectivity index (χ3v) is 1.79. The molecule has 0 aromatic rings. The topological polar surface area (TPSA) is 15.3 Å². The first-order valence-electron chi connectivity index (χ1n) is 4.77. The van der Waals surface area contributed by atoms with Crippen molar-refractivity contribution in [2.24, 2.45) is 5.41 Å². The molecule has 0 aliphatic rings. The Morgan fingerprint density at radius 3 is 2.46 bits per heavy atom. The lowest BCUT2D eigenvalue weighted by molar-refractivity contribution is 0.233. The molecule has 0 aliphatic carbocycles. The minimum absolute atomic E-state index is 0.318. The summed E-state index contributed by atoms with van der Waals surface area (Å²) in [5.41, 5.74) is 0.318. The van der Waals surface area contributed by atoms with E-state index in [0.717, 1.165) is 26.1 Å². The van der Waals surface area contributed by atoms with E-state index >= 15 is 0 Å². The molecule has 0 aromatic carbocycles. The van der Waals surface area contributed by atoms with Crippen molar-refractivity contribution >= 4 is 0 Å². The van der Waals surface area contributed by atoms with Crippen LogP contribution in [0.3, 0.4) is 0 Å². The molecule has 0 aromatic heterocycles. The molecule has 76 valence electrons. The molecule has 0 radical (unpaired) electrons. The Morgan fingerprint density at radius 2 is 2.00 bits per heavy atom. The standard InChI is InChI=1S/C11H22N2/c1-6-7-8-12-9-11(2,3)10-13(4)5/h1,12H,7-10H2,2-5H3. The van der Waals surface area contributed by atoms with Gasteiger partial charge in [-0.1, -0.05) is 13.8 Å². The van der Waals surface area contributed by atoms with Gasteiger partial charge in [0.1, 0.15) is 0 Å². The predicted octanol–water partition coefficient (Wildman–Crippen LogP) is 1.19. The fourth-order valence-electron chi connectivity index (χ4n) is 1.50. The monoisotopic (exact) mass is 182 g/mol. The molecule has 2 heteroatoms. The van der Waals surface area contributed by atoms with E-state index < -0.39 is 0 Å². The van der Waals surface area contributed by atoms with E-state index in [4.69, 9.17) is 6.42 Å². The molecule has 0 spiro atoms. The number of nitrogens with one attached hydrogen (secondary N) is 1. The smallest absolute Gasteiger partial charge is 0.0211 e. The fourth-order valence-corrected chi connectivity index (χ4v) is 1.50. The molecule has 13 heavy (non-hydrogen) atoms. The first kappa shape index (κ1) is 12.5. The van der Waals surface area contributed by atoms with Gasteiger partial charge in [-0.2, -0.15) is 0 Å². The maximum absolute atomic E-state index is 5.16. The van der Waals surface area contributed by atoms with Crippen LogP contribution in [0, 0.1) is 17.8 Å². The Kier molecular flexibility index (Phi) is 5.77. The van der Waals surface area contributed by atoms with Crippen LogP contribution in [0.15, 0.2) is 0 Å².